The number of nitrogens with two attached hydrogens (primary N) is 1. The highest BCUT2D eigenvalue weighted by Gasteiger charge is 2.32. The molecular weight excluding hydrogens is 282 g/mol. The van der Waals surface area contributed by atoms with Crippen molar-refractivity contribution in [3.05, 3.63) is 71.8 Å². The Morgan fingerprint density at radius 2 is 1.43 bits per heavy atom. The smallest absolute Gasteiger partial charge is 0.0331 e. The van der Waals surface area contributed by atoms with Crippen LogP contribution in [0.1, 0.15) is 24.0 Å². The molecule has 0 radical (unpaired) electrons. The molecule has 0 aliphatic carbocycles. The number of nitrogens with one attached hydrogen (secondary N) is 1. The Bertz CT molecular complexity index is 574. The molecule has 23 heavy (non-hydrogen) atoms. The van der Waals surface area contributed by atoms with Crippen LogP contribution in [0.15, 0.2) is 60.7 Å². The van der Waals surface area contributed by atoms with Gasteiger partial charge in [0.1, 0.15) is 0 Å². The van der Waals surface area contributed by atoms with Crippen molar-refractivity contribution in [3.63, 3.8) is 0 Å². The van der Waals surface area contributed by atoms with Crippen LogP contribution in [0.5, 0.6) is 0 Å². The Hall–Kier alpha value is -1.68. The zero-order chi connectivity index (χ0) is 16.0. The van der Waals surface area contributed by atoms with Crippen LogP contribution in [0, 0.1) is 0 Å². The van der Waals surface area contributed by atoms with Gasteiger partial charge in [-0.25, -0.2) is 0 Å². The lowest BCUT2D eigenvalue weighted by atomic mass is 9.87. The first-order valence-electron chi connectivity index (χ1n) is 8.55. The third-order valence-electron chi connectivity index (χ3n) is 4.96. The molecule has 3 N–H and O–H groups in total. The van der Waals surface area contributed by atoms with E-state index < -0.39 is 0 Å². The molecule has 122 valence electrons. The molecule has 1 fully saturated rings. The molecule has 0 amide bonds. The van der Waals surface area contributed by atoms with Crippen LogP contribution in [0.25, 0.3) is 0 Å². The van der Waals surface area contributed by atoms with E-state index in [4.69, 9.17) is 5.73 Å². The van der Waals surface area contributed by atoms with E-state index >= 15 is 0 Å². The number of rotatable bonds is 6. The largest absolute Gasteiger partial charge is 0.329 e. The maximum atomic E-state index is 6.12. The fourth-order valence-corrected chi connectivity index (χ4v) is 3.32. The average Bonchev–Trinajstić information content (AvgIpc) is 2.63. The van der Waals surface area contributed by atoms with Crippen LogP contribution < -0.4 is 11.1 Å². The van der Waals surface area contributed by atoms with Gasteiger partial charge in [0.2, 0.25) is 0 Å². The van der Waals surface area contributed by atoms with Crippen LogP contribution in [0.2, 0.25) is 0 Å². The van der Waals surface area contributed by atoms with Crippen molar-refractivity contribution in [1.29, 1.82) is 0 Å². The van der Waals surface area contributed by atoms with Crippen LogP contribution in [0.4, 0.5) is 0 Å². The Morgan fingerprint density at radius 3 is 2.00 bits per heavy atom. The van der Waals surface area contributed by atoms with Gasteiger partial charge < -0.3 is 11.1 Å². The maximum absolute atomic E-state index is 6.12. The zero-order valence-corrected chi connectivity index (χ0v) is 13.7. The minimum absolute atomic E-state index is 0.0863. The zero-order valence-electron chi connectivity index (χ0n) is 13.7. The number of hydrogen-bond donors (Lipinski definition) is 2. The van der Waals surface area contributed by atoms with Crippen LogP contribution >= 0.6 is 0 Å². The van der Waals surface area contributed by atoms with Crippen molar-refractivity contribution in [2.45, 2.75) is 31.5 Å². The number of nitrogens with zero attached hydrogens (tertiary/aromatic N) is 1. The second kappa shape index (κ2) is 7.73. The van der Waals surface area contributed by atoms with Crippen molar-refractivity contribution in [3.8, 4) is 0 Å². The standard InChI is InChI=1S/C20H27N3/c21-17-20(22-15-18-7-3-1-4-8-18)11-13-23(14-12-20)16-19-9-5-2-6-10-19/h1-10,22H,11-17,21H2. The van der Waals surface area contributed by atoms with Gasteiger partial charge in [0.15, 0.2) is 0 Å². The van der Waals surface area contributed by atoms with Gasteiger partial charge in [-0.1, -0.05) is 60.7 Å². The van der Waals surface area contributed by atoms with E-state index in [2.05, 4.69) is 70.9 Å². The molecule has 0 saturated carbocycles. The monoisotopic (exact) mass is 309 g/mol. The van der Waals surface area contributed by atoms with Crippen molar-refractivity contribution in [1.82, 2.24) is 10.2 Å². The Labute approximate surface area is 139 Å². The predicted octanol–water partition coefficient (Wildman–Crippen LogP) is 2.77. The van der Waals surface area contributed by atoms with Crippen molar-refractivity contribution < 1.29 is 0 Å². The summed E-state index contributed by atoms with van der Waals surface area (Å²) < 4.78 is 0. The van der Waals surface area contributed by atoms with E-state index in [0.29, 0.717) is 6.54 Å². The highest BCUT2D eigenvalue weighted by Crippen LogP contribution is 2.23. The number of piperidine rings is 1. The Balaban J connectivity index is 1.52. The minimum atomic E-state index is 0.0863. The Morgan fingerprint density at radius 1 is 0.870 bits per heavy atom. The quantitative estimate of drug-likeness (QED) is 0.862. The molecule has 2 aromatic carbocycles. The van der Waals surface area contributed by atoms with E-state index in [1.807, 2.05) is 0 Å². The molecule has 1 saturated heterocycles. The molecule has 3 heteroatoms. The van der Waals surface area contributed by atoms with Crippen LogP contribution in [0.3, 0.4) is 0 Å². The van der Waals surface area contributed by atoms with Crippen LogP contribution in [-0.4, -0.2) is 30.1 Å². The molecule has 2 aromatic rings. The summed E-state index contributed by atoms with van der Waals surface area (Å²) in [6, 6.07) is 21.3. The number of hydrogen-bond acceptors (Lipinski definition) is 3. The summed E-state index contributed by atoms with van der Waals surface area (Å²) in [6.45, 7) is 4.86. The molecule has 1 aliphatic rings. The van der Waals surface area contributed by atoms with E-state index in [1.54, 1.807) is 0 Å². The highest BCUT2D eigenvalue weighted by atomic mass is 15.2. The van der Waals surface area contributed by atoms with Gasteiger partial charge in [-0.05, 0) is 24.0 Å². The van der Waals surface area contributed by atoms with E-state index in [0.717, 1.165) is 39.0 Å². The molecule has 0 bridgehead atoms. The third kappa shape index (κ3) is 4.41. The van der Waals surface area contributed by atoms with Crippen molar-refractivity contribution in [2.75, 3.05) is 19.6 Å². The van der Waals surface area contributed by atoms with E-state index in [1.165, 1.54) is 11.1 Å². The van der Waals surface area contributed by atoms with Crippen molar-refractivity contribution >= 4 is 0 Å². The first-order valence-corrected chi connectivity index (χ1v) is 8.55. The minimum Gasteiger partial charge on any atom is -0.329 e. The van der Waals surface area contributed by atoms with Crippen molar-refractivity contribution in [2.24, 2.45) is 5.73 Å². The van der Waals surface area contributed by atoms with E-state index in [-0.39, 0.29) is 5.54 Å². The third-order valence-corrected chi connectivity index (χ3v) is 4.96. The van der Waals surface area contributed by atoms with Gasteiger partial charge in [-0.15, -0.1) is 0 Å². The normalized spacial score (nSPS) is 18.0. The summed E-state index contributed by atoms with van der Waals surface area (Å²) in [7, 11) is 0. The maximum Gasteiger partial charge on any atom is 0.0331 e. The number of benzene rings is 2. The molecule has 3 rings (SSSR count). The average molecular weight is 309 g/mol. The summed E-state index contributed by atoms with van der Waals surface area (Å²) >= 11 is 0. The molecule has 1 aliphatic heterocycles. The number of likely N-dealkylation sites (tertiary alicyclic amines) is 1. The van der Waals surface area contributed by atoms with E-state index in [9.17, 15) is 0 Å². The fourth-order valence-electron chi connectivity index (χ4n) is 3.32. The molecular formula is C20H27N3. The predicted molar refractivity (Wildman–Crippen MR) is 96.0 cm³/mol. The van der Waals surface area contributed by atoms with Gasteiger partial charge in [-0.3, -0.25) is 4.90 Å². The highest BCUT2D eigenvalue weighted by molar-refractivity contribution is 5.16. The van der Waals surface area contributed by atoms with Gasteiger partial charge in [0, 0.05) is 38.3 Å². The van der Waals surface area contributed by atoms with Gasteiger partial charge in [-0.2, -0.15) is 0 Å². The van der Waals surface area contributed by atoms with Crippen LogP contribution in [-0.2, 0) is 13.1 Å². The first-order chi connectivity index (χ1) is 11.3. The molecule has 0 unspecified atom stereocenters. The summed E-state index contributed by atoms with van der Waals surface area (Å²) in [6.07, 6.45) is 2.23. The lowest BCUT2D eigenvalue weighted by Gasteiger charge is -2.42. The summed E-state index contributed by atoms with van der Waals surface area (Å²) in [5, 5.41) is 3.73. The SMILES string of the molecule is NCC1(NCc2ccccc2)CCN(Cc2ccccc2)CC1. The first kappa shape index (κ1) is 16.2. The molecule has 0 aromatic heterocycles. The molecule has 0 spiro atoms. The molecule has 0 atom stereocenters. The van der Waals surface area contributed by atoms with Gasteiger partial charge in [0.05, 0.1) is 0 Å². The summed E-state index contributed by atoms with van der Waals surface area (Å²) in [4.78, 5) is 2.54. The second-order valence-corrected chi connectivity index (χ2v) is 6.59. The fraction of sp³-hybridized carbons (Fsp3) is 0.400. The lowest BCUT2D eigenvalue weighted by Crippen LogP contribution is -2.57. The molecule has 3 nitrogen and oxygen atoms in total. The Kier molecular flexibility index (Phi) is 5.44. The summed E-state index contributed by atoms with van der Waals surface area (Å²) in [5.41, 5.74) is 8.93. The van der Waals surface area contributed by atoms with Gasteiger partial charge >= 0.3 is 0 Å². The van der Waals surface area contributed by atoms with Gasteiger partial charge in [0.25, 0.3) is 0 Å². The lowest BCUT2D eigenvalue weighted by molar-refractivity contribution is 0.132. The summed E-state index contributed by atoms with van der Waals surface area (Å²) in [5.74, 6) is 0. The molecule has 1 heterocycles. The topological polar surface area (TPSA) is 41.3 Å². The second-order valence-electron chi connectivity index (χ2n) is 6.59.